The van der Waals surface area contributed by atoms with Gasteiger partial charge >= 0.3 is 5.97 Å². The monoisotopic (exact) mass is 254 g/mol. The first-order valence-corrected chi connectivity index (χ1v) is 8.00. The maximum Gasteiger partial charge on any atom is 0.313 e. The van der Waals surface area contributed by atoms with Gasteiger partial charge < -0.3 is 4.74 Å². The van der Waals surface area contributed by atoms with E-state index in [1.807, 2.05) is 0 Å². The minimum absolute atomic E-state index is 0.0602. The van der Waals surface area contributed by atoms with Crippen molar-refractivity contribution >= 4 is 5.97 Å². The minimum Gasteiger partial charge on any atom is -0.461 e. The van der Waals surface area contributed by atoms with Gasteiger partial charge in [0.1, 0.15) is 6.10 Å². The molecule has 0 unspecified atom stereocenters. The number of hydrogen-bond acceptors (Lipinski definition) is 2. The molecule has 1 heterocycles. The lowest BCUT2D eigenvalue weighted by Gasteiger charge is -2.35. The van der Waals surface area contributed by atoms with Crippen LogP contribution in [-0.2, 0) is 9.53 Å². The number of unbranched alkanes of at least 4 members (excludes halogenated alkanes) is 7. The first-order valence-electron chi connectivity index (χ1n) is 8.00. The average Bonchev–Trinajstić information content (AvgIpc) is 2.37. The number of cyclic esters (lactones) is 1. The zero-order valence-electron chi connectivity index (χ0n) is 12.2. The molecule has 0 aromatic rings. The summed E-state index contributed by atoms with van der Waals surface area (Å²) in [6.45, 7) is 4.46. The summed E-state index contributed by atoms with van der Waals surface area (Å²) < 4.78 is 5.28. The Hall–Kier alpha value is -0.530. The number of ether oxygens (including phenoxy) is 1. The van der Waals surface area contributed by atoms with Crippen LogP contribution in [0, 0.1) is 5.92 Å². The van der Waals surface area contributed by atoms with E-state index in [9.17, 15) is 4.79 Å². The fourth-order valence-electron chi connectivity index (χ4n) is 2.70. The molecular formula is C16H30O2. The van der Waals surface area contributed by atoms with Crippen LogP contribution >= 0.6 is 0 Å². The van der Waals surface area contributed by atoms with Gasteiger partial charge in [-0.3, -0.25) is 4.79 Å². The third-order valence-corrected chi connectivity index (χ3v) is 3.98. The molecule has 0 spiro atoms. The van der Waals surface area contributed by atoms with Crippen LogP contribution in [-0.4, -0.2) is 12.1 Å². The first kappa shape index (κ1) is 15.5. The van der Waals surface area contributed by atoms with E-state index in [-0.39, 0.29) is 18.0 Å². The second-order valence-electron chi connectivity index (χ2n) is 5.63. The molecule has 0 saturated carbocycles. The minimum atomic E-state index is 0.0602. The van der Waals surface area contributed by atoms with E-state index >= 15 is 0 Å². The fourth-order valence-corrected chi connectivity index (χ4v) is 2.70. The number of hydrogen-bond donors (Lipinski definition) is 0. The van der Waals surface area contributed by atoms with Gasteiger partial charge in [-0.25, -0.2) is 0 Å². The Bertz CT molecular complexity index is 225. The van der Waals surface area contributed by atoms with Gasteiger partial charge in [0.2, 0.25) is 0 Å². The topological polar surface area (TPSA) is 26.3 Å². The highest BCUT2D eigenvalue weighted by Crippen LogP contribution is 2.31. The Labute approximate surface area is 112 Å². The van der Waals surface area contributed by atoms with Crippen LogP contribution in [0.5, 0.6) is 0 Å². The number of rotatable bonds is 11. The molecule has 0 N–H and O–H groups in total. The molecule has 0 aromatic heterocycles. The molecule has 106 valence electrons. The van der Waals surface area contributed by atoms with Crippen LogP contribution < -0.4 is 0 Å². The second-order valence-corrected chi connectivity index (χ2v) is 5.63. The van der Waals surface area contributed by atoms with Gasteiger partial charge in [0.15, 0.2) is 0 Å². The molecule has 2 heteroatoms. The van der Waals surface area contributed by atoms with Crippen LogP contribution in [0.3, 0.4) is 0 Å². The number of carbonyl (C=O) groups excluding carboxylic acids is 1. The van der Waals surface area contributed by atoms with Crippen molar-refractivity contribution in [3.8, 4) is 0 Å². The molecule has 1 aliphatic heterocycles. The molecule has 0 amide bonds. The van der Waals surface area contributed by atoms with Crippen LogP contribution in [0.15, 0.2) is 0 Å². The van der Waals surface area contributed by atoms with Gasteiger partial charge in [0.05, 0.1) is 5.92 Å². The van der Waals surface area contributed by atoms with Crippen molar-refractivity contribution in [1.29, 1.82) is 0 Å². The largest absolute Gasteiger partial charge is 0.461 e. The Balaban J connectivity index is 2.04. The molecule has 1 saturated heterocycles. The van der Waals surface area contributed by atoms with E-state index in [2.05, 4.69) is 13.8 Å². The summed E-state index contributed by atoms with van der Waals surface area (Å²) >= 11 is 0. The van der Waals surface area contributed by atoms with Crippen LogP contribution in [0.2, 0.25) is 0 Å². The Morgan fingerprint density at radius 2 is 1.39 bits per heavy atom. The summed E-state index contributed by atoms with van der Waals surface area (Å²) in [5, 5.41) is 0. The van der Waals surface area contributed by atoms with E-state index in [4.69, 9.17) is 4.74 Å². The maximum atomic E-state index is 11.4. The standard InChI is InChI=1S/C16H30O2/c1-3-5-7-9-11-13-15-14(16(17)18-15)12-10-8-6-4-2/h14-15H,3-13H2,1-2H3/t14-,15+/m1/s1. The van der Waals surface area contributed by atoms with E-state index in [0.29, 0.717) is 0 Å². The van der Waals surface area contributed by atoms with Crippen LogP contribution in [0.25, 0.3) is 0 Å². The van der Waals surface area contributed by atoms with E-state index in [1.54, 1.807) is 0 Å². The Morgan fingerprint density at radius 3 is 2.00 bits per heavy atom. The Morgan fingerprint density at radius 1 is 0.833 bits per heavy atom. The number of carbonyl (C=O) groups is 1. The summed E-state index contributed by atoms with van der Waals surface area (Å²) in [5.41, 5.74) is 0. The normalized spacial score (nSPS) is 22.7. The molecular weight excluding hydrogens is 224 g/mol. The molecule has 18 heavy (non-hydrogen) atoms. The van der Waals surface area contributed by atoms with Crippen molar-refractivity contribution in [3.63, 3.8) is 0 Å². The molecule has 1 rings (SSSR count). The van der Waals surface area contributed by atoms with Gasteiger partial charge in [0.25, 0.3) is 0 Å². The second kappa shape index (κ2) is 9.41. The zero-order chi connectivity index (χ0) is 13.2. The van der Waals surface area contributed by atoms with Crippen molar-refractivity contribution in [3.05, 3.63) is 0 Å². The highest BCUT2D eigenvalue weighted by molar-refractivity contribution is 5.78. The Kier molecular flexibility index (Phi) is 8.11. The summed E-state index contributed by atoms with van der Waals surface area (Å²) in [4.78, 5) is 11.4. The summed E-state index contributed by atoms with van der Waals surface area (Å²) in [6.07, 6.45) is 13.9. The van der Waals surface area contributed by atoms with Gasteiger partial charge in [0, 0.05) is 0 Å². The molecule has 2 nitrogen and oxygen atoms in total. The van der Waals surface area contributed by atoms with Crippen molar-refractivity contribution in [1.82, 2.24) is 0 Å². The summed E-state index contributed by atoms with van der Waals surface area (Å²) in [5.74, 6) is 0.290. The summed E-state index contributed by atoms with van der Waals surface area (Å²) in [6, 6.07) is 0. The SMILES string of the molecule is CCCCCCC[C@@H]1OC(=O)[C@@H]1CCCCCC. The molecule has 0 aromatic carbocycles. The van der Waals surface area contributed by atoms with Gasteiger partial charge in [-0.1, -0.05) is 65.2 Å². The molecule has 1 fully saturated rings. The molecule has 0 radical (unpaired) electrons. The number of esters is 1. The van der Waals surface area contributed by atoms with Crippen molar-refractivity contribution < 1.29 is 9.53 Å². The zero-order valence-corrected chi connectivity index (χ0v) is 12.2. The maximum absolute atomic E-state index is 11.4. The fraction of sp³-hybridized carbons (Fsp3) is 0.938. The first-order chi connectivity index (χ1) is 8.79. The van der Waals surface area contributed by atoms with Gasteiger partial charge in [-0.2, -0.15) is 0 Å². The summed E-state index contributed by atoms with van der Waals surface area (Å²) in [7, 11) is 0. The van der Waals surface area contributed by atoms with E-state index in [1.165, 1.54) is 57.8 Å². The van der Waals surface area contributed by atoms with Crippen molar-refractivity contribution in [2.75, 3.05) is 0 Å². The highest BCUT2D eigenvalue weighted by Gasteiger charge is 2.40. The molecule has 0 aliphatic carbocycles. The lowest BCUT2D eigenvalue weighted by Crippen LogP contribution is -2.44. The quantitative estimate of drug-likeness (QED) is 0.389. The van der Waals surface area contributed by atoms with Gasteiger partial charge in [-0.15, -0.1) is 0 Å². The third-order valence-electron chi connectivity index (χ3n) is 3.98. The molecule has 2 atom stereocenters. The van der Waals surface area contributed by atoms with Crippen LogP contribution in [0.1, 0.15) is 84.5 Å². The predicted octanol–water partition coefficient (Wildman–Crippen LogP) is 4.86. The lowest BCUT2D eigenvalue weighted by molar-refractivity contribution is -0.186. The van der Waals surface area contributed by atoms with E-state index < -0.39 is 0 Å². The van der Waals surface area contributed by atoms with E-state index in [0.717, 1.165) is 12.8 Å². The van der Waals surface area contributed by atoms with Crippen molar-refractivity contribution in [2.24, 2.45) is 5.92 Å². The molecule has 0 bridgehead atoms. The average molecular weight is 254 g/mol. The molecule has 1 aliphatic rings. The third kappa shape index (κ3) is 5.41. The highest BCUT2D eigenvalue weighted by atomic mass is 16.6. The van der Waals surface area contributed by atoms with Gasteiger partial charge in [-0.05, 0) is 19.3 Å². The van der Waals surface area contributed by atoms with Crippen molar-refractivity contribution in [2.45, 2.75) is 90.6 Å². The van der Waals surface area contributed by atoms with Crippen LogP contribution in [0.4, 0.5) is 0 Å². The lowest BCUT2D eigenvalue weighted by atomic mass is 9.87. The smallest absolute Gasteiger partial charge is 0.313 e. The predicted molar refractivity (Wildman–Crippen MR) is 75.5 cm³/mol.